The standard InChI is InChI=1S/C17H15ClF2N2O2/c1-10-2-5-15(13(18)8-10)22-16(23)6-7-21-17(24)12-4-3-11(19)9-14(12)20/h2-5,8-9H,6-7H2,1H3,(H,21,24)(H,22,23). The van der Waals surface area contributed by atoms with Gasteiger partial charge in [0.15, 0.2) is 0 Å². The van der Waals surface area contributed by atoms with Gasteiger partial charge < -0.3 is 10.6 Å². The highest BCUT2D eigenvalue weighted by molar-refractivity contribution is 6.33. The number of rotatable bonds is 5. The normalized spacial score (nSPS) is 10.3. The molecule has 0 aliphatic carbocycles. The molecule has 24 heavy (non-hydrogen) atoms. The van der Waals surface area contributed by atoms with E-state index < -0.39 is 17.5 Å². The van der Waals surface area contributed by atoms with Crippen molar-refractivity contribution < 1.29 is 18.4 Å². The molecule has 2 amide bonds. The Kier molecular flexibility index (Phi) is 5.87. The maximum absolute atomic E-state index is 13.5. The summed E-state index contributed by atoms with van der Waals surface area (Å²) in [4.78, 5) is 23.6. The van der Waals surface area contributed by atoms with E-state index in [1.54, 1.807) is 18.2 Å². The number of benzene rings is 2. The van der Waals surface area contributed by atoms with Gasteiger partial charge in [-0.1, -0.05) is 17.7 Å². The fourth-order valence-electron chi connectivity index (χ4n) is 1.99. The van der Waals surface area contributed by atoms with E-state index in [9.17, 15) is 18.4 Å². The lowest BCUT2D eigenvalue weighted by Crippen LogP contribution is -2.28. The number of hydrogen-bond acceptors (Lipinski definition) is 2. The number of nitrogens with one attached hydrogen (secondary N) is 2. The Morgan fingerprint density at radius 2 is 1.88 bits per heavy atom. The SMILES string of the molecule is Cc1ccc(NC(=O)CCNC(=O)c2ccc(F)cc2F)c(Cl)c1. The molecule has 2 rings (SSSR count). The second-order valence-corrected chi connectivity index (χ2v) is 5.57. The Balaban J connectivity index is 1.85. The van der Waals surface area contributed by atoms with Crippen molar-refractivity contribution in [1.82, 2.24) is 5.32 Å². The van der Waals surface area contributed by atoms with E-state index in [2.05, 4.69) is 10.6 Å². The molecule has 0 spiro atoms. The summed E-state index contributed by atoms with van der Waals surface area (Å²) < 4.78 is 26.3. The highest BCUT2D eigenvalue weighted by Crippen LogP contribution is 2.22. The average Bonchev–Trinajstić information content (AvgIpc) is 2.50. The summed E-state index contributed by atoms with van der Waals surface area (Å²) in [6.45, 7) is 1.88. The van der Waals surface area contributed by atoms with E-state index in [0.717, 1.165) is 17.7 Å². The summed E-state index contributed by atoms with van der Waals surface area (Å²) >= 11 is 6.01. The van der Waals surface area contributed by atoms with Crippen LogP contribution in [-0.4, -0.2) is 18.4 Å². The summed E-state index contributed by atoms with van der Waals surface area (Å²) in [5, 5.41) is 5.45. The van der Waals surface area contributed by atoms with Crippen molar-refractivity contribution in [2.45, 2.75) is 13.3 Å². The van der Waals surface area contributed by atoms with Crippen LogP contribution in [0.3, 0.4) is 0 Å². The molecular formula is C17H15ClF2N2O2. The second-order valence-electron chi connectivity index (χ2n) is 5.16. The Hall–Kier alpha value is -2.47. The predicted molar refractivity (Wildman–Crippen MR) is 88.1 cm³/mol. The van der Waals surface area contributed by atoms with Crippen LogP contribution in [0, 0.1) is 18.6 Å². The number of aryl methyl sites for hydroxylation is 1. The molecule has 126 valence electrons. The van der Waals surface area contributed by atoms with Gasteiger partial charge >= 0.3 is 0 Å². The van der Waals surface area contributed by atoms with E-state index in [4.69, 9.17) is 11.6 Å². The number of amides is 2. The lowest BCUT2D eigenvalue weighted by molar-refractivity contribution is -0.116. The average molecular weight is 353 g/mol. The molecule has 2 aromatic carbocycles. The van der Waals surface area contributed by atoms with Gasteiger partial charge in [-0.3, -0.25) is 9.59 Å². The highest BCUT2D eigenvalue weighted by atomic mass is 35.5. The summed E-state index contributed by atoms with van der Waals surface area (Å²) in [7, 11) is 0. The van der Waals surface area contributed by atoms with E-state index in [1.807, 2.05) is 6.92 Å². The van der Waals surface area contributed by atoms with Crippen LogP contribution < -0.4 is 10.6 Å². The monoisotopic (exact) mass is 352 g/mol. The predicted octanol–water partition coefficient (Wildman–Crippen LogP) is 3.69. The van der Waals surface area contributed by atoms with Crippen LogP contribution in [0.5, 0.6) is 0 Å². The smallest absolute Gasteiger partial charge is 0.254 e. The van der Waals surface area contributed by atoms with Crippen molar-refractivity contribution in [1.29, 1.82) is 0 Å². The van der Waals surface area contributed by atoms with Gasteiger partial charge in [0, 0.05) is 19.0 Å². The number of carbonyl (C=O) groups excluding carboxylic acids is 2. The molecule has 7 heteroatoms. The Morgan fingerprint density at radius 1 is 1.12 bits per heavy atom. The van der Waals surface area contributed by atoms with Gasteiger partial charge in [0.05, 0.1) is 16.3 Å². The third kappa shape index (κ3) is 4.76. The molecule has 0 heterocycles. The number of hydrogen-bond donors (Lipinski definition) is 2. The topological polar surface area (TPSA) is 58.2 Å². The van der Waals surface area contributed by atoms with Crippen molar-refractivity contribution >= 4 is 29.1 Å². The first-order valence-corrected chi connectivity index (χ1v) is 7.54. The summed E-state index contributed by atoms with van der Waals surface area (Å²) in [6, 6.07) is 7.87. The second kappa shape index (κ2) is 7.88. The van der Waals surface area contributed by atoms with Crippen LogP contribution in [0.15, 0.2) is 36.4 Å². The molecule has 2 N–H and O–H groups in total. The fraction of sp³-hybridized carbons (Fsp3) is 0.176. The lowest BCUT2D eigenvalue weighted by Gasteiger charge is -2.09. The molecule has 0 unspecified atom stereocenters. The maximum Gasteiger partial charge on any atom is 0.254 e. The van der Waals surface area contributed by atoms with Gasteiger partial charge in [0.2, 0.25) is 5.91 Å². The van der Waals surface area contributed by atoms with Crippen molar-refractivity contribution in [2.75, 3.05) is 11.9 Å². The zero-order chi connectivity index (χ0) is 17.7. The van der Waals surface area contributed by atoms with E-state index in [0.29, 0.717) is 16.8 Å². The Labute approximate surface area is 142 Å². The molecule has 0 fully saturated rings. The van der Waals surface area contributed by atoms with Gasteiger partial charge in [-0.2, -0.15) is 0 Å². The minimum absolute atomic E-state index is 0.00492. The zero-order valence-electron chi connectivity index (χ0n) is 12.8. The minimum atomic E-state index is -0.955. The fourth-order valence-corrected chi connectivity index (χ4v) is 2.27. The van der Waals surface area contributed by atoms with E-state index in [-0.39, 0.29) is 24.4 Å². The summed E-state index contributed by atoms with van der Waals surface area (Å²) in [5.74, 6) is -2.78. The Bertz CT molecular complexity index is 781. The van der Waals surface area contributed by atoms with Crippen molar-refractivity contribution in [3.63, 3.8) is 0 Å². The van der Waals surface area contributed by atoms with Crippen LogP contribution in [0.2, 0.25) is 5.02 Å². The van der Waals surface area contributed by atoms with Crippen LogP contribution in [0.4, 0.5) is 14.5 Å². The van der Waals surface area contributed by atoms with Gasteiger partial charge in [0.25, 0.3) is 5.91 Å². The van der Waals surface area contributed by atoms with Crippen molar-refractivity contribution in [3.05, 3.63) is 64.2 Å². The quantitative estimate of drug-likeness (QED) is 0.862. The van der Waals surface area contributed by atoms with Gasteiger partial charge in [-0.05, 0) is 36.8 Å². The van der Waals surface area contributed by atoms with Crippen molar-refractivity contribution in [3.8, 4) is 0 Å². The van der Waals surface area contributed by atoms with Gasteiger partial charge in [-0.15, -0.1) is 0 Å². The molecule has 4 nitrogen and oxygen atoms in total. The largest absolute Gasteiger partial charge is 0.351 e. The van der Waals surface area contributed by atoms with Crippen LogP contribution in [0.25, 0.3) is 0 Å². The molecule has 0 atom stereocenters. The molecule has 0 saturated heterocycles. The van der Waals surface area contributed by atoms with E-state index >= 15 is 0 Å². The van der Waals surface area contributed by atoms with Crippen LogP contribution in [0.1, 0.15) is 22.3 Å². The molecule has 0 aliphatic rings. The first-order chi connectivity index (χ1) is 11.4. The van der Waals surface area contributed by atoms with E-state index in [1.165, 1.54) is 0 Å². The minimum Gasteiger partial charge on any atom is -0.351 e. The highest BCUT2D eigenvalue weighted by Gasteiger charge is 2.13. The summed E-state index contributed by atoms with van der Waals surface area (Å²) in [6.07, 6.45) is -0.0151. The first-order valence-electron chi connectivity index (χ1n) is 7.16. The lowest BCUT2D eigenvalue weighted by atomic mass is 10.2. The van der Waals surface area contributed by atoms with Gasteiger partial charge in [-0.25, -0.2) is 8.78 Å². The zero-order valence-corrected chi connectivity index (χ0v) is 13.6. The summed E-state index contributed by atoms with van der Waals surface area (Å²) in [5.41, 5.74) is 1.16. The number of carbonyl (C=O) groups is 2. The first kappa shape index (κ1) is 17.9. The third-order valence-corrected chi connectivity index (χ3v) is 3.52. The number of halogens is 3. The number of anilines is 1. The molecule has 0 bridgehead atoms. The molecule has 0 radical (unpaired) electrons. The molecule has 2 aromatic rings. The molecule has 0 aromatic heterocycles. The van der Waals surface area contributed by atoms with Gasteiger partial charge in [0.1, 0.15) is 11.6 Å². The van der Waals surface area contributed by atoms with Crippen molar-refractivity contribution in [2.24, 2.45) is 0 Å². The van der Waals surface area contributed by atoms with Crippen LogP contribution >= 0.6 is 11.6 Å². The maximum atomic E-state index is 13.5. The van der Waals surface area contributed by atoms with Crippen LogP contribution in [-0.2, 0) is 4.79 Å². The Morgan fingerprint density at radius 3 is 2.54 bits per heavy atom. The molecule has 0 aliphatic heterocycles. The third-order valence-electron chi connectivity index (χ3n) is 3.21. The molecular weight excluding hydrogens is 338 g/mol. The molecule has 0 saturated carbocycles.